The number of para-hydroxylation sites is 1. The van der Waals surface area contributed by atoms with E-state index in [1.807, 2.05) is 54.3 Å². The summed E-state index contributed by atoms with van der Waals surface area (Å²) < 4.78 is 0. The number of allylic oxidation sites excluding steroid dienone is 1. The first-order chi connectivity index (χ1) is 16.0. The molecule has 5 rings (SSSR count). The lowest BCUT2D eigenvalue weighted by molar-refractivity contribution is -0.117. The van der Waals surface area contributed by atoms with Crippen LogP contribution < -0.4 is 10.6 Å². The molecule has 0 spiro atoms. The van der Waals surface area contributed by atoms with Crippen molar-refractivity contribution in [2.24, 2.45) is 10.7 Å². The van der Waals surface area contributed by atoms with Crippen LogP contribution in [0.15, 0.2) is 72.2 Å². The Bertz CT molecular complexity index is 1270. The minimum atomic E-state index is -0.459. The Labute approximate surface area is 193 Å². The molecule has 0 fully saturated rings. The Kier molecular flexibility index (Phi) is 6.36. The number of benzene rings is 2. The van der Waals surface area contributed by atoms with Crippen LogP contribution in [0.3, 0.4) is 0 Å². The topological polar surface area (TPSA) is 91.5 Å². The lowest BCUT2D eigenvalue weighted by atomic mass is 9.98. The number of carbonyl (C=O) groups is 2. The van der Waals surface area contributed by atoms with Gasteiger partial charge < -0.3 is 15.6 Å². The molecule has 2 aliphatic rings. The van der Waals surface area contributed by atoms with Crippen LogP contribution in [-0.2, 0) is 11.2 Å². The number of nitrogens with one attached hydrogen (secondary N) is 1. The van der Waals surface area contributed by atoms with Crippen LogP contribution in [0.1, 0.15) is 45.4 Å². The Morgan fingerprint density at radius 1 is 1.18 bits per heavy atom. The fraction of sp³-hybridized carbons (Fsp3) is 0.148. The predicted molar refractivity (Wildman–Crippen MR) is 134 cm³/mol. The third-order valence-corrected chi connectivity index (χ3v) is 5.67. The van der Waals surface area contributed by atoms with Gasteiger partial charge in [0.25, 0.3) is 5.91 Å². The molecule has 166 valence electrons. The molecule has 0 saturated heterocycles. The highest BCUT2D eigenvalue weighted by atomic mass is 16.2. The molecule has 3 heterocycles. The summed E-state index contributed by atoms with van der Waals surface area (Å²) in [4.78, 5) is 32.4. The van der Waals surface area contributed by atoms with Gasteiger partial charge in [-0.05, 0) is 36.6 Å². The van der Waals surface area contributed by atoms with Gasteiger partial charge in [-0.25, -0.2) is 0 Å². The number of aromatic nitrogens is 1. The average molecular weight is 439 g/mol. The van der Waals surface area contributed by atoms with Crippen LogP contribution in [0.5, 0.6) is 0 Å². The van der Waals surface area contributed by atoms with E-state index in [-0.39, 0.29) is 12.5 Å². The monoisotopic (exact) mass is 438 g/mol. The zero-order valence-corrected chi connectivity index (χ0v) is 18.5. The first-order valence-electron chi connectivity index (χ1n) is 10.8. The zero-order valence-electron chi connectivity index (χ0n) is 18.5. The summed E-state index contributed by atoms with van der Waals surface area (Å²) in [5.41, 5.74) is 12.7. The van der Waals surface area contributed by atoms with Crippen molar-refractivity contribution in [3.05, 3.63) is 101 Å². The second-order valence-electron chi connectivity index (χ2n) is 7.76. The second-order valence-corrected chi connectivity index (χ2v) is 7.76. The fourth-order valence-corrected chi connectivity index (χ4v) is 4.16. The first kappa shape index (κ1) is 22.0. The second kappa shape index (κ2) is 9.53. The number of nitrogens with zero attached hydrogens (tertiary/aromatic N) is 2. The molecule has 0 bridgehead atoms. The normalized spacial score (nSPS) is 14.3. The minimum absolute atomic E-state index is 0.0992. The number of aromatic amines is 1. The maximum absolute atomic E-state index is 12.2. The highest BCUT2D eigenvalue weighted by molar-refractivity contribution is 6.20. The molecule has 2 aliphatic heterocycles. The fourth-order valence-electron chi connectivity index (χ4n) is 4.16. The molecule has 3 N–H and O–H groups in total. The van der Waals surface area contributed by atoms with Crippen LogP contribution in [0.25, 0.3) is 12.2 Å². The summed E-state index contributed by atoms with van der Waals surface area (Å²) in [6, 6.07) is 18.1. The third kappa shape index (κ3) is 4.41. The Morgan fingerprint density at radius 3 is 2.67 bits per heavy atom. The number of rotatable bonds is 4. The SMILES string of the molecule is C=Cc1[nH]c(C(N)=O)cc1/C=C\C.O=C1CN=C(c2ccccc2)c2cccc3c2N1CC3. The summed E-state index contributed by atoms with van der Waals surface area (Å²) in [5, 5.41) is 0. The average Bonchev–Trinajstić information content (AvgIpc) is 3.42. The van der Waals surface area contributed by atoms with E-state index < -0.39 is 5.91 Å². The number of hydrogen-bond acceptors (Lipinski definition) is 3. The van der Waals surface area contributed by atoms with Gasteiger partial charge in [0, 0.05) is 23.4 Å². The van der Waals surface area contributed by atoms with Crippen LogP contribution in [0, 0.1) is 0 Å². The predicted octanol–water partition coefficient (Wildman–Crippen LogP) is 4.22. The number of nitrogens with two attached hydrogens (primary N) is 1. The van der Waals surface area contributed by atoms with Gasteiger partial charge in [0.1, 0.15) is 12.2 Å². The zero-order chi connectivity index (χ0) is 23.4. The molecule has 1 aromatic heterocycles. The molecule has 2 amide bonds. The molecule has 0 radical (unpaired) electrons. The van der Waals surface area contributed by atoms with Crippen molar-refractivity contribution in [1.82, 2.24) is 4.98 Å². The Balaban J connectivity index is 0.000000174. The summed E-state index contributed by atoms with van der Waals surface area (Å²) in [6.07, 6.45) is 6.37. The van der Waals surface area contributed by atoms with E-state index in [1.165, 1.54) is 5.56 Å². The van der Waals surface area contributed by atoms with Gasteiger partial charge in [0.05, 0.1) is 11.4 Å². The standard InChI is InChI=1S/C17H14N2O.C10H12N2O/c20-15-11-18-16(12-5-2-1-3-6-12)14-8-4-7-13-9-10-19(15)17(13)14;1-3-5-7-6-9(10(11)13)12-8(7)4-2/h1-8H,9-11H2;3-6,12H,2H2,1H3,(H2,11,13)/b;5-3-. The van der Waals surface area contributed by atoms with Crippen molar-refractivity contribution >= 4 is 35.4 Å². The van der Waals surface area contributed by atoms with Crippen LogP contribution in [0.4, 0.5) is 5.69 Å². The van der Waals surface area contributed by atoms with Crippen molar-refractivity contribution < 1.29 is 9.59 Å². The highest BCUT2D eigenvalue weighted by Gasteiger charge is 2.30. The van der Waals surface area contributed by atoms with E-state index in [2.05, 4.69) is 34.8 Å². The van der Waals surface area contributed by atoms with Crippen LogP contribution in [-0.4, -0.2) is 35.6 Å². The van der Waals surface area contributed by atoms with Crippen LogP contribution >= 0.6 is 0 Å². The van der Waals surface area contributed by atoms with Crippen molar-refractivity contribution in [1.29, 1.82) is 0 Å². The number of H-pyrrole nitrogens is 1. The van der Waals surface area contributed by atoms with Gasteiger partial charge in [-0.15, -0.1) is 0 Å². The number of anilines is 1. The lowest BCUT2D eigenvalue weighted by Crippen LogP contribution is -2.30. The largest absolute Gasteiger partial charge is 0.364 e. The Morgan fingerprint density at radius 2 is 1.97 bits per heavy atom. The van der Waals surface area contributed by atoms with E-state index in [4.69, 9.17) is 5.73 Å². The van der Waals surface area contributed by atoms with E-state index >= 15 is 0 Å². The minimum Gasteiger partial charge on any atom is -0.364 e. The maximum atomic E-state index is 12.2. The molecule has 33 heavy (non-hydrogen) atoms. The molecule has 0 saturated carbocycles. The van der Waals surface area contributed by atoms with Gasteiger partial charge in [0.15, 0.2) is 0 Å². The van der Waals surface area contributed by atoms with E-state index in [0.717, 1.165) is 46.7 Å². The third-order valence-electron chi connectivity index (χ3n) is 5.67. The number of hydrogen-bond donors (Lipinski definition) is 2. The summed E-state index contributed by atoms with van der Waals surface area (Å²) in [6.45, 7) is 6.55. The van der Waals surface area contributed by atoms with Gasteiger partial charge >= 0.3 is 0 Å². The molecule has 0 unspecified atom stereocenters. The van der Waals surface area contributed by atoms with Crippen LogP contribution in [0.2, 0.25) is 0 Å². The molecule has 2 aromatic carbocycles. The quantitative estimate of drug-likeness (QED) is 0.639. The number of amides is 2. The molecular formula is C27H26N4O2. The molecule has 0 atom stereocenters. The lowest BCUT2D eigenvalue weighted by Gasteiger charge is -2.17. The maximum Gasteiger partial charge on any atom is 0.265 e. The smallest absolute Gasteiger partial charge is 0.265 e. The van der Waals surface area contributed by atoms with E-state index in [0.29, 0.717) is 5.69 Å². The Hall–Kier alpha value is -4.19. The van der Waals surface area contributed by atoms with Crippen molar-refractivity contribution in [2.45, 2.75) is 13.3 Å². The number of primary amides is 1. The number of carbonyl (C=O) groups excluding carboxylic acids is 2. The van der Waals surface area contributed by atoms with Crippen molar-refractivity contribution in [3.63, 3.8) is 0 Å². The summed E-state index contributed by atoms with van der Waals surface area (Å²) in [5.74, 6) is -0.360. The summed E-state index contributed by atoms with van der Waals surface area (Å²) >= 11 is 0. The molecule has 0 aliphatic carbocycles. The van der Waals surface area contributed by atoms with Gasteiger partial charge in [0.2, 0.25) is 5.91 Å². The van der Waals surface area contributed by atoms with Crippen molar-refractivity contribution in [2.75, 3.05) is 18.0 Å². The number of aliphatic imine (C=N–C) groups is 1. The highest BCUT2D eigenvalue weighted by Crippen LogP contribution is 2.35. The molecule has 6 heteroatoms. The van der Waals surface area contributed by atoms with Gasteiger partial charge in [-0.1, -0.05) is 67.3 Å². The van der Waals surface area contributed by atoms with Gasteiger partial charge in [-0.2, -0.15) is 0 Å². The summed E-state index contributed by atoms with van der Waals surface area (Å²) in [7, 11) is 0. The van der Waals surface area contributed by atoms with Crippen molar-refractivity contribution in [3.8, 4) is 0 Å². The van der Waals surface area contributed by atoms with E-state index in [9.17, 15) is 9.59 Å². The molecule has 6 nitrogen and oxygen atoms in total. The van der Waals surface area contributed by atoms with E-state index in [1.54, 1.807) is 12.1 Å². The molecular weight excluding hydrogens is 412 g/mol. The van der Waals surface area contributed by atoms with Gasteiger partial charge in [-0.3, -0.25) is 14.6 Å². The molecule has 3 aromatic rings. The first-order valence-corrected chi connectivity index (χ1v) is 10.8.